The number of hydrogen-bond donors (Lipinski definition) is 1. The number of aromatic nitrogens is 2. The van der Waals surface area contributed by atoms with Gasteiger partial charge < -0.3 is 4.74 Å². The van der Waals surface area contributed by atoms with Gasteiger partial charge >= 0.3 is 0 Å². The zero-order chi connectivity index (χ0) is 18.4. The van der Waals surface area contributed by atoms with Crippen LogP contribution in [0.15, 0.2) is 60.7 Å². The lowest BCUT2D eigenvalue weighted by Crippen LogP contribution is -2.30. The number of carbonyl (C=O) groups is 1. The highest BCUT2D eigenvalue weighted by Gasteiger charge is 2.17. The van der Waals surface area contributed by atoms with Gasteiger partial charge in [0.1, 0.15) is 10.8 Å². The smallest absolute Gasteiger partial charge is 0.266 e. The first-order valence-electron chi connectivity index (χ1n) is 8.51. The van der Waals surface area contributed by atoms with E-state index in [-0.39, 0.29) is 5.91 Å². The molecule has 0 saturated heterocycles. The van der Waals surface area contributed by atoms with Crippen molar-refractivity contribution in [3.63, 3.8) is 0 Å². The minimum Gasteiger partial charge on any atom is -0.481 e. The summed E-state index contributed by atoms with van der Waals surface area (Å²) in [6, 6.07) is 19.6. The summed E-state index contributed by atoms with van der Waals surface area (Å²) in [6.07, 6.45) is 0.168. The second-order valence-corrected chi connectivity index (χ2v) is 7.14. The van der Waals surface area contributed by atoms with Gasteiger partial charge in [0, 0.05) is 6.42 Å². The summed E-state index contributed by atoms with van der Waals surface area (Å²) in [4.78, 5) is 12.3. The van der Waals surface area contributed by atoms with E-state index in [2.05, 4.69) is 34.6 Å². The maximum Gasteiger partial charge on any atom is 0.266 e. The Morgan fingerprint density at radius 2 is 1.69 bits per heavy atom. The number of nitrogens with zero attached hydrogens (tertiary/aromatic N) is 2. The van der Waals surface area contributed by atoms with Gasteiger partial charge in [0.15, 0.2) is 6.10 Å². The number of hydrogen-bond acceptors (Lipinski definition) is 5. The molecular formula is C20H21N3O2S. The van der Waals surface area contributed by atoms with Crippen molar-refractivity contribution < 1.29 is 9.53 Å². The van der Waals surface area contributed by atoms with Crippen molar-refractivity contribution in [2.24, 2.45) is 0 Å². The number of benzene rings is 2. The molecule has 0 aliphatic heterocycles. The maximum absolute atomic E-state index is 12.3. The second-order valence-electron chi connectivity index (χ2n) is 6.08. The Balaban J connectivity index is 1.55. The summed E-state index contributed by atoms with van der Waals surface area (Å²) in [5.74, 6) is 0.755. The van der Waals surface area contributed by atoms with Crippen LogP contribution in [0.3, 0.4) is 0 Å². The van der Waals surface area contributed by atoms with Crippen LogP contribution < -0.4 is 10.1 Å². The Kier molecular flexibility index (Phi) is 5.96. The highest BCUT2D eigenvalue weighted by molar-refractivity contribution is 7.15. The first-order chi connectivity index (χ1) is 12.6. The lowest BCUT2D eigenvalue weighted by molar-refractivity contribution is -0.122. The van der Waals surface area contributed by atoms with E-state index in [9.17, 15) is 4.79 Å². The quantitative estimate of drug-likeness (QED) is 0.676. The summed E-state index contributed by atoms with van der Waals surface area (Å²) in [6.45, 7) is 3.87. The molecule has 1 heterocycles. The van der Waals surface area contributed by atoms with Gasteiger partial charge in [-0.15, -0.1) is 10.2 Å². The number of nitrogens with one attached hydrogen (secondary N) is 1. The molecule has 2 atom stereocenters. The predicted molar refractivity (Wildman–Crippen MR) is 104 cm³/mol. The number of ether oxygens (including phenoxy) is 1. The van der Waals surface area contributed by atoms with Crippen LogP contribution in [-0.4, -0.2) is 22.2 Å². The largest absolute Gasteiger partial charge is 0.481 e. The van der Waals surface area contributed by atoms with Crippen molar-refractivity contribution >= 4 is 22.4 Å². The van der Waals surface area contributed by atoms with Crippen molar-refractivity contribution in [3.05, 3.63) is 71.2 Å². The highest BCUT2D eigenvalue weighted by atomic mass is 32.1. The Labute approximate surface area is 157 Å². The van der Waals surface area contributed by atoms with Crippen molar-refractivity contribution in [3.8, 4) is 5.75 Å². The fraction of sp³-hybridized carbons (Fsp3) is 0.250. The molecule has 134 valence electrons. The lowest BCUT2D eigenvalue weighted by atomic mass is 9.98. The van der Waals surface area contributed by atoms with Gasteiger partial charge in [0.25, 0.3) is 5.91 Å². The number of rotatable bonds is 7. The average Bonchev–Trinajstić information content (AvgIpc) is 3.10. The van der Waals surface area contributed by atoms with Gasteiger partial charge in [-0.05, 0) is 30.5 Å². The Morgan fingerprint density at radius 1 is 1.04 bits per heavy atom. The molecule has 3 aromatic rings. The van der Waals surface area contributed by atoms with Crippen LogP contribution in [0.2, 0.25) is 0 Å². The van der Waals surface area contributed by atoms with E-state index in [0.29, 0.717) is 16.8 Å². The molecule has 1 amide bonds. The first kappa shape index (κ1) is 18.1. The maximum atomic E-state index is 12.3. The summed E-state index contributed by atoms with van der Waals surface area (Å²) >= 11 is 1.40. The van der Waals surface area contributed by atoms with E-state index < -0.39 is 6.10 Å². The minimum absolute atomic E-state index is 0.243. The van der Waals surface area contributed by atoms with E-state index >= 15 is 0 Å². The van der Waals surface area contributed by atoms with Gasteiger partial charge in [0.05, 0.1) is 0 Å². The van der Waals surface area contributed by atoms with Crippen LogP contribution in [0.4, 0.5) is 5.13 Å². The molecule has 1 aromatic heterocycles. The van der Waals surface area contributed by atoms with E-state index in [1.54, 1.807) is 6.92 Å². The summed E-state index contributed by atoms with van der Waals surface area (Å²) in [5, 5.41) is 12.4. The topological polar surface area (TPSA) is 64.1 Å². The van der Waals surface area contributed by atoms with E-state index in [1.165, 1.54) is 16.9 Å². The summed E-state index contributed by atoms with van der Waals surface area (Å²) in [7, 11) is 0. The highest BCUT2D eigenvalue weighted by Crippen LogP contribution is 2.24. The molecule has 3 rings (SSSR count). The Morgan fingerprint density at radius 3 is 2.38 bits per heavy atom. The van der Waals surface area contributed by atoms with Gasteiger partial charge in [0.2, 0.25) is 5.13 Å². The van der Waals surface area contributed by atoms with Gasteiger partial charge in [-0.3, -0.25) is 10.1 Å². The molecule has 0 aliphatic carbocycles. The zero-order valence-corrected chi connectivity index (χ0v) is 15.6. The molecule has 5 nitrogen and oxygen atoms in total. The SMILES string of the molecule is C[C@H](Oc1ccccc1)C(=O)Nc1nnc(C[C@@H](C)c2ccccc2)s1. The molecule has 6 heteroatoms. The number of anilines is 1. The fourth-order valence-electron chi connectivity index (χ4n) is 2.51. The summed E-state index contributed by atoms with van der Waals surface area (Å²) in [5.41, 5.74) is 1.26. The van der Waals surface area contributed by atoms with E-state index in [1.807, 2.05) is 48.5 Å². The zero-order valence-electron chi connectivity index (χ0n) is 14.8. The van der Waals surface area contributed by atoms with Gasteiger partial charge in [-0.1, -0.05) is 66.8 Å². The molecule has 0 unspecified atom stereocenters. The Bertz CT molecular complexity index is 837. The molecule has 0 saturated carbocycles. The van der Waals surface area contributed by atoms with Crippen molar-refractivity contribution in [2.75, 3.05) is 5.32 Å². The third-order valence-corrected chi connectivity index (χ3v) is 4.83. The molecule has 0 radical (unpaired) electrons. The molecule has 26 heavy (non-hydrogen) atoms. The third-order valence-electron chi connectivity index (χ3n) is 3.97. The van der Waals surface area contributed by atoms with Crippen LogP contribution in [0.1, 0.15) is 30.3 Å². The third kappa shape index (κ3) is 4.89. The van der Waals surface area contributed by atoms with Crippen LogP contribution in [0.25, 0.3) is 0 Å². The van der Waals surface area contributed by atoms with E-state index in [0.717, 1.165) is 11.4 Å². The second kappa shape index (κ2) is 8.58. The molecular weight excluding hydrogens is 346 g/mol. The molecule has 1 N–H and O–H groups in total. The van der Waals surface area contributed by atoms with Gasteiger partial charge in [-0.25, -0.2) is 0 Å². The van der Waals surface area contributed by atoms with Crippen LogP contribution in [0, 0.1) is 0 Å². The molecule has 0 aliphatic rings. The average molecular weight is 367 g/mol. The monoisotopic (exact) mass is 367 g/mol. The van der Waals surface area contributed by atoms with E-state index in [4.69, 9.17) is 4.74 Å². The number of para-hydroxylation sites is 1. The number of amides is 1. The minimum atomic E-state index is -0.618. The van der Waals surface area contributed by atoms with Crippen molar-refractivity contribution in [1.82, 2.24) is 10.2 Å². The number of carbonyl (C=O) groups excluding carboxylic acids is 1. The molecule has 0 bridgehead atoms. The van der Waals surface area contributed by atoms with Crippen LogP contribution in [0.5, 0.6) is 5.75 Å². The Hall–Kier alpha value is -2.73. The van der Waals surface area contributed by atoms with Gasteiger partial charge in [-0.2, -0.15) is 0 Å². The molecule has 2 aromatic carbocycles. The summed E-state index contributed by atoms with van der Waals surface area (Å²) < 4.78 is 5.62. The normalized spacial score (nSPS) is 13.0. The predicted octanol–water partition coefficient (Wildman–Crippen LogP) is 4.29. The molecule has 0 spiro atoms. The van der Waals surface area contributed by atoms with Crippen LogP contribution in [-0.2, 0) is 11.2 Å². The lowest BCUT2D eigenvalue weighted by Gasteiger charge is -2.13. The molecule has 0 fully saturated rings. The van der Waals surface area contributed by atoms with Crippen molar-refractivity contribution in [2.45, 2.75) is 32.3 Å². The standard InChI is InChI=1S/C20H21N3O2S/c1-14(16-9-5-3-6-10-16)13-18-22-23-20(26-18)21-19(24)15(2)25-17-11-7-4-8-12-17/h3-12,14-15H,13H2,1-2H3,(H,21,23,24)/t14-,15+/m1/s1. The fourth-order valence-corrected chi connectivity index (χ4v) is 3.38. The first-order valence-corrected chi connectivity index (χ1v) is 9.33. The van der Waals surface area contributed by atoms with Crippen LogP contribution >= 0.6 is 11.3 Å². The van der Waals surface area contributed by atoms with Crippen molar-refractivity contribution in [1.29, 1.82) is 0 Å².